The highest BCUT2D eigenvalue weighted by Gasteiger charge is 2.59. The Kier molecular flexibility index (Phi) is 11.7. The number of carboxylic acid groups (broad SMARTS) is 2. The Morgan fingerprint density at radius 1 is 1.20 bits per heavy atom. The number of amides is 1. The molecule has 26 heteroatoms. The molecular weight excluding hydrogens is 705 g/mol. The number of nitrogens with one attached hydrogen (secondary N) is 1. The molecule has 2 fully saturated rings. The van der Waals surface area contributed by atoms with Crippen molar-refractivity contribution in [2.75, 3.05) is 12.3 Å². The summed E-state index contributed by atoms with van der Waals surface area (Å²) in [6.45, 7) is -0.779. The van der Waals surface area contributed by atoms with Crippen LogP contribution in [0.1, 0.15) is 31.4 Å². The number of rotatable bonds is 14. The van der Waals surface area contributed by atoms with Crippen LogP contribution in [0, 0.1) is 0 Å². The monoisotopic (exact) mass is 739 g/mol. The first-order valence-corrected chi connectivity index (χ1v) is 15.8. The molecule has 2 aliphatic rings. The topological polar surface area (TPSA) is 391 Å². The molecule has 2 saturated heterocycles. The van der Waals surface area contributed by atoms with Gasteiger partial charge in [0.2, 0.25) is 5.91 Å². The number of aliphatic hydroxyl groups is 6. The Morgan fingerprint density at radius 2 is 1.88 bits per heavy atom. The molecule has 25 nitrogen and oxygen atoms in total. The highest BCUT2D eigenvalue weighted by Crippen LogP contribution is 2.51. The van der Waals surface area contributed by atoms with Crippen LogP contribution in [0.25, 0.3) is 0 Å². The van der Waals surface area contributed by atoms with Crippen LogP contribution >= 0.6 is 7.82 Å². The minimum atomic E-state index is -5.62. The standard InChI is InChI=1S/C24H34N7O18P/c1-8(32)26-14-10(33)4-24(22(41)42,48-19(14)16(36)11(34)6-30-5-9(28-29-30)15(35)21(39)40)49-50(44,45)46-7-12-17(37)18(38)20(47-12)31-3-2-13(25)27-23(31)43/h2-3,5,10-12,14-20,33-38H,4,6-7H2,1H3,(H,26,32)(H,39,40)(H,41,42)(H,44,45)(H2,25,27,43)/t10-,11+,12+,14+,15?,16+,17+,18+,19+,20+,24+/m0/s1. The van der Waals surface area contributed by atoms with E-state index in [-0.39, 0.29) is 5.82 Å². The smallest absolute Gasteiger partial charge is 0.475 e. The largest absolute Gasteiger partial charge is 0.479 e. The van der Waals surface area contributed by atoms with Crippen LogP contribution in [0.15, 0.2) is 23.3 Å². The molecule has 2 aromatic heterocycles. The lowest BCUT2D eigenvalue weighted by Crippen LogP contribution is -2.67. The molecule has 0 spiro atoms. The lowest BCUT2D eigenvalue weighted by Gasteiger charge is -2.46. The minimum absolute atomic E-state index is 0.157. The van der Waals surface area contributed by atoms with Crippen LogP contribution in [-0.4, -0.2) is 149 Å². The summed E-state index contributed by atoms with van der Waals surface area (Å²) in [7, 11) is -5.62. The quantitative estimate of drug-likeness (QED) is 0.0803. The average Bonchev–Trinajstić information content (AvgIpc) is 3.59. The van der Waals surface area contributed by atoms with E-state index in [9.17, 15) is 64.4 Å². The zero-order chi connectivity index (χ0) is 37.3. The van der Waals surface area contributed by atoms with Gasteiger partial charge >= 0.3 is 25.5 Å². The maximum atomic E-state index is 13.0. The molecular formula is C24H34N7O18P. The molecule has 12 N–H and O–H groups in total. The first kappa shape index (κ1) is 38.8. The Bertz CT molecular complexity index is 1680. The van der Waals surface area contributed by atoms with Crippen LogP contribution < -0.4 is 16.7 Å². The molecule has 50 heavy (non-hydrogen) atoms. The van der Waals surface area contributed by atoms with Gasteiger partial charge in [-0.3, -0.25) is 13.9 Å². The second-order valence-electron chi connectivity index (χ2n) is 11.2. The van der Waals surface area contributed by atoms with E-state index in [1.165, 1.54) is 6.07 Å². The number of carbonyl (C=O) groups excluding carboxylic acids is 1. The SMILES string of the molecule is CC(=O)N[C@H]1[C@H]([C@H](O)[C@H](O)Cn2cc(C(O)C(=O)O)nn2)O[C@](OP(=O)(O)OC[C@H]2O[C@@H](n3ccc(N)nc3=O)[C@H](O)[C@@H]2O)(C(=O)O)C[C@@H]1O. The highest BCUT2D eigenvalue weighted by molar-refractivity contribution is 7.47. The number of nitrogens with zero attached hydrogens (tertiary/aromatic N) is 5. The predicted octanol–water partition coefficient (Wildman–Crippen LogP) is -5.85. The Balaban J connectivity index is 1.51. The number of hydrogen-bond acceptors (Lipinski definition) is 19. The van der Waals surface area contributed by atoms with Crippen molar-refractivity contribution >= 4 is 31.5 Å². The third-order valence-corrected chi connectivity index (χ3v) is 8.57. The number of aliphatic carboxylic acids is 2. The molecule has 4 heterocycles. The van der Waals surface area contributed by atoms with Crippen LogP contribution in [0.2, 0.25) is 0 Å². The second kappa shape index (κ2) is 15.1. The molecule has 2 unspecified atom stereocenters. The molecule has 0 radical (unpaired) electrons. The molecule has 12 atom stereocenters. The van der Waals surface area contributed by atoms with Gasteiger partial charge in [0, 0.05) is 19.5 Å². The van der Waals surface area contributed by atoms with Crippen molar-refractivity contribution in [2.24, 2.45) is 0 Å². The fraction of sp³-hybridized carbons (Fsp3) is 0.625. The molecule has 0 aliphatic carbocycles. The lowest BCUT2D eigenvalue weighted by molar-refractivity contribution is -0.288. The van der Waals surface area contributed by atoms with Crippen molar-refractivity contribution < 1.29 is 83.2 Å². The van der Waals surface area contributed by atoms with Crippen molar-refractivity contribution in [3.8, 4) is 0 Å². The van der Waals surface area contributed by atoms with Crippen LogP contribution in [0.4, 0.5) is 5.82 Å². The third-order valence-electron chi connectivity index (χ3n) is 7.57. The number of anilines is 1. The maximum Gasteiger partial charge on any atom is 0.475 e. The normalized spacial score (nSPS) is 31.3. The van der Waals surface area contributed by atoms with Crippen molar-refractivity contribution in [1.29, 1.82) is 0 Å². The van der Waals surface area contributed by atoms with Gasteiger partial charge < -0.3 is 66.3 Å². The summed E-state index contributed by atoms with van der Waals surface area (Å²) in [4.78, 5) is 61.5. The number of aliphatic hydroxyl groups excluding tert-OH is 6. The van der Waals surface area contributed by atoms with Gasteiger partial charge in [-0.1, -0.05) is 5.21 Å². The number of phosphoric ester groups is 1. The lowest BCUT2D eigenvalue weighted by atomic mass is 9.88. The minimum Gasteiger partial charge on any atom is -0.479 e. The molecule has 278 valence electrons. The van der Waals surface area contributed by atoms with Crippen molar-refractivity contribution in [2.45, 2.75) is 86.8 Å². The van der Waals surface area contributed by atoms with Crippen LogP contribution in [-0.2, 0) is 44.0 Å². The number of nitrogens with two attached hydrogens (primary N) is 1. The first-order chi connectivity index (χ1) is 23.2. The molecule has 4 rings (SSSR count). The summed E-state index contributed by atoms with van der Waals surface area (Å²) >= 11 is 0. The Labute approximate surface area is 278 Å². The number of phosphoric acid groups is 1. The van der Waals surface area contributed by atoms with Gasteiger partial charge in [-0.2, -0.15) is 4.98 Å². The third kappa shape index (κ3) is 8.48. The molecule has 2 aliphatic heterocycles. The molecule has 1 amide bonds. The van der Waals surface area contributed by atoms with E-state index in [0.29, 0.717) is 0 Å². The number of carboxylic acids is 2. The second-order valence-corrected chi connectivity index (χ2v) is 12.6. The Hall–Kier alpha value is -3.98. The number of carbonyl (C=O) groups is 3. The van der Waals surface area contributed by atoms with E-state index < -0.39 is 124 Å². The summed E-state index contributed by atoms with van der Waals surface area (Å²) in [6.07, 6.45) is -16.4. The fourth-order valence-electron chi connectivity index (χ4n) is 5.16. The van der Waals surface area contributed by atoms with E-state index in [1.807, 2.05) is 0 Å². The van der Waals surface area contributed by atoms with E-state index in [1.54, 1.807) is 0 Å². The molecule has 2 aromatic rings. The van der Waals surface area contributed by atoms with Gasteiger partial charge in [-0.25, -0.2) is 28.2 Å². The Morgan fingerprint density at radius 3 is 2.48 bits per heavy atom. The number of nitrogen functional groups attached to an aromatic ring is 1. The summed E-state index contributed by atoms with van der Waals surface area (Å²) < 4.78 is 35.1. The van der Waals surface area contributed by atoms with Crippen LogP contribution in [0.5, 0.6) is 0 Å². The van der Waals surface area contributed by atoms with Gasteiger partial charge in [0.25, 0.3) is 5.79 Å². The fourth-order valence-corrected chi connectivity index (χ4v) is 6.12. The summed E-state index contributed by atoms with van der Waals surface area (Å²) in [6, 6.07) is -0.482. The van der Waals surface area contributed by atoms with Gasteiger partial charge in [0.15, 0.2) is 12.3 Å². The predicted molar refractivity (Wildman–Crippen MR) is 154 cm³/mol. The van der Waals surface area contributed by atoms with E-state index in [0.717, 1.165) is 28.6 Å². The summed E-state index contributed by atoms with van der Waals surface area (Å²) in [5, 5.41) is 91.2. The number of hydrogen-bond donors (Lipinski definition) is 11. The summed E-state index contributed by atoms with van der Waals surface area (Å²) in [5.41, 5.74) is 4.01. The maximum absolute atomic E-state index is 13.0. The first-order valence-electron chi connectivity index (χ1n) is 14.3. The van der Waals surface area contributed by atoms with Gasteiger partial charge in [0.1, 0.15) is 48.1 Å². The molecule has 0 bridgehead atoms. The van der Waals surface area contributed by atoms with Crippen molar-refractivity contribution in [1.82, 2.24) is 29.9 Å². The van der Waals surface area contributed by atoms with Gasteiger partial charge in [0.05, 0.1) is 31.5 Å². The van der Waals surface area contributed by atoms with E-state index >= 15 is 0 Å². The highest BCUT2D eigenvalue weighted by atomic mass is 31.2. The number of ether oxygens (including phenoxy) is 2. The van der Waals surface area contributed by atoms with Crippen molar-refractivity contribution in [3.05, 3.63) is 34.6 Å². The van der Waals surface area contributed by atoms with Gasteiger partial charge in [-0.15, -0.1) is 5.10 Å². The number of aromatic nitrogens is 5. The molecule has 0 aromatic carbocycles. The van der Waals surface area contributed by atoms with E-state index in [4.69, 9.17) is 29.4 Å². The van der Waals surface area contributed by atoms with Crippen molar-refractivity contribution in [3.63, 3.8) is 0 Å². The zero-order valence-electron chi connectivity index (χ0n) is 25.6. The van der Waals surface area contributed by atoms with Crippen LogP contribution in [0.3, 0.4) is 0 Å². The van der Waals surface area contributed by atoms with Gasteiger partial charge in [-0.05, 0) is 6.07 Å². The average molecular weight is 740 g/mol. The molecule has 0 saturated carbocycles. The summed E-state index contributed by atoms with van der Waals surface area (Å²) in [5.74, 6) is -8.10. The van der Waals surface area contributed by atoms with E-state index in [2.05, 4.69) is 20.6 Å². The zero-order valence-corrected chi connectivity index (χ0v) is 26.5.